The Morgan fingerprint density at radius 1 is 1.44 bits per heavy atom. The first-order chi connectivity index (χ1) is 7.58. The molecule has 0 spiro atoms. The molecule has 0 aliphatic carbocycles. The van der Waals surface area contributed by atoms with Gasteiger partial charge in [-0.2, -0.15) is 0 Å². The fraction of sp³-hybridized carbons (Fsp3) is 0.400. The predicted octanol–water partition coefficient (Wildman–Crippen LogP) is 3.89. The number of benzene rings is 1. The summed E-state index contributed by atoms with van der Waals surface area (Å²) in [5.41, 5.74) is 0.881. The van der Waals surface area contributed by atoms with Crippen LogP contribution < -0.4 is 9.47 Å². The first kappa shape index (κ1) is 13.5. The van der Waals surface area contributed by atoms with Crippen LogP contribution in [0.3, 0.4) is 0 Å². The van der Waals surface area contributed by atoms with E-state index < -0.39 is 13.0 Å². The molecule has 0 radical (unpaired) electrons. The van der Waals surface area contributed by atoms with E-state index in [4.69, 9.17) is 21.1 Å². The molecule has 0 fully saturated rings. The Labute approximate surface area is 106 Å². The average Bonchev–Trinajstić information content (AvgIpc) is 2.26. The maximum absolute atomic E-state index is 12.0. The Kier molecular flexibility index (Phi) is 5.28. The van der Waals surface area contributed by atoms with E-state index in [0.717, 1.165) is 5.56 Å². The van der Waals surface area contributed by atoms with Gasteiger partial charge in [0.15, 0.2) is 11.5 Å². The molecule has 0 saturated carbocycles. The highest BCUT2D eigenvalue weighted by molar-refractivity contribution is 9.08. The average molecular weight is 316 g/mol. The first-order valence-electron chi connectivity index (χ1n) is 4.41. The van der Waals surface area contributed by atoms with E-state index in [2.05, 4.69) is 15.9 Å². The van der Waals surface area contributed by atoms with Crippen LogP contribution >= 0.6 is 27.5 Å². The van der Waals surface area contributed by atoms with Crippen LogP contribution in [-0.2, 0) is 5.33 Å². The number of hydrogen-bond donors (Lipinski definition) is 0. The van der Waals surface area contributed by atoms with Crippen molar-refractivity contribution in [2.45, 2.75) is 11.8 Å². The minimum absolute atomic E-state index is 0.147. The van der Waals surface area contributed by atoms with Gasteiger partial charge in [0.05, 0.1) is 12.1 Å². The maximum atomic E-state index is 12.0. The van der Waals surface area contributed by atoms with E-state index in [1.807, 2.05) is 0 Å². The van der Waals surface area contributed by atoms with Crippen molar-refractivity contribution in [3.63, 3.8) is 0 Å². The van der Waals surface area contributed by atoms with Crippen LogP contribution in [0.1, 0.15) is 5.56 Å². The van der Waals surface area contributed by atoms with E-state index >= 15 is 0 Å². The predicted molar refractivity (Wildman–Crippen MR) is 62.1 cm³/mol. The molecule has 0 aliphatic heterocycles. The second kappa shape index (κ2) is 6.25. The van der Waals surface area contributed by atoms with E-state index in [-0.39, 0.29) is 10.8 Å². The normalized spacial score (nSPS) is 10.6. The number of halogens is 4. The van der Waals surface area contributed by atoms with Crippen LogP contribution in [0, 0.1) is 0 Å². The topological polar surface area (TPSA) is 18.5 Å². The lowest BCUT2D eigenvalue weighted by molar-refractivity contribution is 0.0805. The van der Waals surface area contributed by atoms with Gasteiger partial charge in [0.2, 0.25) is 0 Å². The van der Waals surface area contributed by atoms with Gasteiger partial charge in [-0.3, -0.25) is 0 Å². The van der Waals surface area contributed by atoms with Crippen LogP contribution in [0.25, 0.3) is 0 Å². The van der Waals surface area contributed by atoms with Gasteiger partial charge in [0, 0.05) is 5.33 Å². The molecule has 1 aromatic rings. The molecular formula is C10H10BrClF2O2. The van der Waals surface area contributed by atoms with Gasteiger partial charge in [-0.05, 0) is 17.7 Å². The van der Waals surface area contributed by atoms with E-state index in [1.54, 1.807) is 12.1 Å². The number of methoxy groups -OCH3 is 1. The summed E-state index contributed by atoms with van der Waals surface area (Å²) in [6.45, 7) is -0.705. The molecule has 0 aromatic heterocycles. The van der Waals surface area contributed by atoms with Crippen molar-refractivity contribution >= 4 is 27.5 Å². The van der Waals surface area contributed by atoms with E-state index in [0.29, 0.717) is 11.1 Å². The molecule has 0 atom stereocenters. The minimum Gasteiger partial charge on any atom is -0.493 e. The zero-order valence-corrected chi connectivity index (χ0v) is 10.8. The summed E-state index contributed by atoms with van der Waals surface area (Å²) in [7, 11) is 1.43. The Hall–Kier alpha value is -0.550. The van der Waals surface area contributed by atoms with Gasteiger partial charge in [0.25, 0.3) is 6.43 Å². The van der Waals surface area contributed by atoms with Crippen LogP contribution in [-0.4, -0.2) is 20.1 Å². The van der Waals surface area contributed by atoms with Crippen molar-refractivity contribution < 1.29 is 18.3 Å². The summed E-state index contributed by atoms with van der Waals surface area (Å²) >= 11 is 9.17. The van der Waals surface area contributed by atoms with Crippen molar-refractivity contribution in [3.8, 4) is 11.5 Å². The fourth-order valence-corrected chi connectivity index (χ4v) is 1.75. The Morgan fingerprint density at radius 3 is 2.62 bits per heavy atom. The summed E-state index contributed by atoms with van der Waals surface area (Å²) in [6.07, 6.45) is -2.54. The molecule has 90 valence electrons. The molecule has 0 heterocycles. The first-order valence-corrected chi connectivity index (χ1v) is 5.91. The Morgan fingerprint density at radius 2 is 2.12 bits per heavy atom. The number of rotatable bonds is 5. The highest BCUT2D eigenvalue weighted by Crippen LogP contribution is 2.37. The maximum Gasteiger partial charge on any atom is 0.272 e. The van der Waals surface area contributed by atoms with Gasteiger partial charge in [0.1, 0.15) is 6.61 Å². The van der Waals surface area contributed by atoms with Crippen molar-refractivity contribution in [1.82, 2.24) is 0 Å². The van der Waals surface area contributed by atoms with Crippen molar-refractivity contribution in [1.29, 1.82) is 0 Å². The largest absolute Gasteiger partial charge is 0.493 e. The number of alkyl halides is 3. The second-order valence-corrected chi connectivity index (χ2v) is 3.91. The summed E-state index contributed by atoms with van der Waals surface area (Å²) in [6, 6.07) is 3.32. The molecular weight excluding hydrogens is 305 g/mol. The van der Waals surface area contributed by atoms with Gasteiger partial charge >= 0.3 is 0 Å². The molecule has 0 bridgehead atoms. The van der Waals surface area contributed by atoms with Crippen LogP contribution in [0.15, 0.2) is 12.1 Å². The molecule has 0 aliphatic rings. The second-order valence-electron chi connectivity index (χ2n) is 2.94. The molecule has 0 amide bonds. The van der Waals surface area contributed by atoms with E-state index in [1.165, 1.54) is 7.11 Å². The third-order valence-electron chi connectivity index (χ3n) is 1.80. The van der Waals surface area contributed by atoms with Crippen molar-refractivity contribution in [2.75, 3.05) is 13.7 Å². The Bertz CT molecular complexity index is 361. The molecule has 16 heavy (non-hydrogen) atoms. The molecule has 0 N–H and O–H groups in total. The van der Waals surface area contributed by atoms with Crippen molar-refractivity contribution in [3.05, 3.63) is 22.7 Å². The molecule has 0 saturated heterocycles. The number of ether oxygens (including phenoxy) is 2. The number of hydrogen-bond acceptors (Lipinski definition) is 2. The van der Waals surface area contributed by atoms with Gasteiger partial charge in [-0.15, -0.1) is 0 Å². The SMILES string of the molecule is COc1cc(CBr)cc(Cl)c1OCC(F)F. The summed E-state index contributed by atoms with van der Waals surface area (Å²) in [5.74, 6) is 0.497. The van der Waals surface area contributed by atoms with Crippen LogP contribution in [0.5, 0.6) is 11.5 Å². The molecule has 1 aromatic carbocycles. The summed E-state index contributed by atoms with van der Waals surface area (Å²) in [5, 5.41) is 0.854. The highest BCUT2D eigenvalue weighted by atomic mass is 79.9. The molecule has 1 rings (SSSR count). The lowest BCUT2D eigenvalue weighted by atomic mass is 10.2. The smallest absolute Gasteiger partial charge is 0.272 e. The lowest BCUT2D eigenvalue weighted by Gasteiger charge is -2.13. The quantitative estimate of drug-likeness (QED) is 0.768. The molecule has 2 nitrogen and oxygen atoms in total. The lowest BCUT2D eigenvalue weighted by Crippen LogP contribution is -2.08. The molecule has 0 unspecified atom stereocenters. The summed E-state index contributed by atoms with van der Waals surface area (Å²) in [4.78, 5) is 0. The van der Waals surface area contributed by atoms with Crippen molar-refractivity contribution in [2.24, 2.45) is 0 Å². The monoisotopic (exact) mass is 314 g/mol. The van der Waals surface area contributed by atoms with Gasteiger partial charge < -0.3 is 9.47 Å². The standard InChI is InChI=1S/C10H10BrClF2O2/c1-15-8-3-6(4-11)2-7(12)10(8)16-5-9(13)14/h2-3,9H,4-5H2,1H3. The third kappa shape index (κ3) is 3.49. The zero-order chi connectivity index (χ0) is 12.1. The van der Waals surface area contributed by atoms with Crippen LogP contribution in [0.2, 0.25) is 5.02 Å². The highest BCUT2D eigenvalue weighted by Gasteiger charge is 2.13. The van der Waals surface area contributed by atoms with Gasteiger partial charge in [-0.1, -0.05) is 27.5 Å². The zero-order valence-electron chi connectivity index (χ0n) is 8.47. The minimum atomic E-state index is -2.54. The Balaban J connectivity index is 2.97. The van der Waals surface area contributed by atoms with Crippen LogP contribution in [0.4, 0.5) is 8.78 Å². The fourth-order valence-electron chi connectivity index (χ4n) is 1.14. The summed E-state index contributed by atoms with van der Waals surface area (Å²) < 4.78 is 34.0. The third-order valence-corrected chi connectivity index (χ3v) is 2.73. The van der Waals surface area contributed by atoms with E-state index in [9.17, 15) is 8.78 Å². The van der Waals surface area contributed by atoms with Gasteiger partial charge in [-0.25, -0.2) is 8.78 Å². The molecule has 6 heteroatoms.